The standard InChI is InChI=1S/C20H33N3O2S/c1-21-20(22-13-15-25-19-11-7-2-3-8-12-19)23-14-16-26(24)17-18-9-5-4-6-10-18/h4-6,9-10,19H,2-3,7-8,11-17H2,1H3,(H2,21,22,23). The molecule has 1 fully saturated rings. The summed E-state index contributed by atoms with van der Waals surface area (Å²) in [6.45, 7) is 2.08. The molecule has 0 bridgehead atoms. The Labute approximate surface area is 160 Å². The number of guanidine groups is 1. The van der Waals surface area contributed by atoms with Crippen molar-refractivity contribution in [2.45, 2.75) is 50.4 Å². The minimum atomic E-state index is -0.872. The second kappa shape index (κ2) is 12.9. The van der Waals surface area contributed by atoms with E-state index in [1.807, 2.05) is 30.3 Å². The van der Waals surface area contributed by atoms with E-state index in [0.717, 1.165) is 18.1 Å². The molecule has 0 spiro atoms. The molecule has 1 aliphatic carbocycles. The van der Waals surface area contributed by atoms with Crippen molar-refractivity contribution in [3.63, 3.8) is 0 Å². The van der Waals surface area contributed by atoms with Crippen LogP contribution in [0.5, 0.6) is 0 Å². The third-order valence-electron chi connectivity index (χ3n) is 4.57. The molecule has 0 saturated heterocycles. The second-order valence-electron chi connectivity index (χ2n) is 6.68. The summed E-state index contributed by atoms with van der Waals surface area (Å²) in [5, 5.41) is 6.49. The fourth-order valence-electron chi connectivity index (χ4n) is 3.14. The van der Waals surface area contributed by atoms with Gasteiger partial charge in [-0.05, 0) is 18.4 Å². The summed E-state index contributed by atoms with van der Waals surface area (Å²) in [6, 6.07) is 9.96. The first-order valence-electron chi connectivity index (χ1n) is 9.73. The lowest BCUT2D eigenvalue weighted by Crippen LogP contribution is -2.40. The highest BCUT2D eigenvalue weighted by molar-refractivity contribution is 7.84. The number of nitrogens with zero attached hydrogens (tertiary/aromatic N) is 1. The number of ether oxygens (including phenoxy) is 1. The van der Waals surface area contributed by atoms with E-state index in [4.69, 9.17) is 4.74 Å². The fraction of sp³-hybridized carbons (Fsp3) is 0.650. The molecule has 1 unspecified atom stereocenters. The Morgan fingerprint density at radius 3 is 2.50 bits per heavy atom. The van der Waals surface area contributed by atoms with Gasteiger partial charge in [0.2, 0.25) is 0 Å². The van der Waals surface area contributed by atoms with E-state index in [2.05, 4.69) is 15.6 Å². The summed E-state index contributed by atoms with van der Waals surface area (Å²) in [4.78, 5) is 4.21. The van der Waals surface area contributed by atoms with Gasteiger partial charge in [-0.25, -0.2) is 0 Å². The van der Waals surface area contributed by atoms with Crippen LogP contribution in [0.25, 0.3) is 0 Å². The van der Waals surface area contributed by atoms with Crippen molar-refractivity contribution < 1.29 is 8.95 Å². The van der Waals surface area contributed by atoms with Crippen LogP contribution >= 0.6 is 0 Å². The van der Waals surface area contributed by atoms with Crippen LogP contribution in [-0.4, -0.2) is 48.8 Å². The van der Waals surface area contributed by atoms with Gasteiger partial charge in [0.05, 0.1) is 12.7 Å². The molecular weight excluding hydrogens is 346 g/mol. The molecule has 1 aromatic carbocycles. The highest BCUT2D eigenvalue weighted by atomic mass is 32.2. The topological polar surface area (TPSA) is 62.7 Å². The van der Waals surface area contributed by atoms with Crippen molar-refractivity contribution >= 4 is 16.8 Å². The largest absolute Gasteiger partial charge is 0.376 e. The van der Waals surface area contributed by atoms with Crippen molar-refractivity contribution in [2.24, 2.45) is 4.99 Å². The van der Waals surface area contributed by atoms with E-state index in [9.17, 15) is 4.21 Å². The van der Waals surface area contributed by atoms with E-state index in [-0.39, 0.29) is 0 Å². The van der Waals surface area contributed by atoms with Crippen molar-refractivity contribution in [3.8, 4) is 0 Å². The molecule has 26 heavy (non-hydrogen) atoms. The van der Waals surface area contributed by atoms with E-state index < -0.39 is 10.8 Å². The number of hydrogen-bond donors (Lipinski definition) is 2. The fourth-order valence-corrected chi connectivity index (χ4v) is 4.18. The van der Waals surface area contributed by atoms with Gasteiger partial charge in [0.25, 0.3) is 0 Å². The minimum Gasteiger partial charge on any atom is -0.376 e. The second-order valence-corrected chi connectivity index (χ2v) is 8.26. The quantitative estimate of drug-likeness (QED) is 0.300. The molecule has 0 aliphatic heterocycles. The van der Waals surface area contributed by atoms with Crippen LogP contribution in [0.4, 0.5) is 0 Å². The third-order valence-corrected chi connectivity index (χ3v) is 5.88. The lowest BCUT2D eigenvalue weighted by Gasteiger charge is -2.16. The highest BCUT2D eigenvalue weighted by Crippen LogP contribution is 2.19. The Balaban J connectivity index is 1.55. The molecule has 0 aromatic heterocycles. The van der Waals surface area contributed by atoms with Crippen LogP contribution in [0.2, 0.25) is 0 Å². The number of hydrogen-bond acceptors (Lipinski definition) is 3. The third kappa shape index (κ3) is 8.81. The summed E-state index contributed by atoms with van der Waals surface area (Å²) >= 11 is 0. The van der Waals surface area contributed by atoms with Crippen LogP contribution in [-0.2, 0) is 21.3 Å². The molecule has 146 valence electrons. The first-order chi connectivity index (χ1) is 12.8. The highest BCUT2D eigenvalue weighted by Gasteiger charge is 2.12. The zero-order valence-corrected chi connectivity index (χ0v) is 16.7. The zero-order valence-electron chi connectivity index (χ0n) is 15.9. The molecule has 2 rings (SSSR count). The van der Waals surface area contributed by atoms with Gasteiger partial charge in [-0.1, -0.05) is 56.0 Å². The molecule has 6 heteroatoms. The first kappa shape index (κ1) is 20.9. The van der Waals surface area contributed by atoms with Gasteiger partial charge in [-0.2, -0.15) is 0 Å². The Hall–Kier alpha value is -1.40. The number of nitrogens with one attached hydrogen (secondary N) is 2. The number of rotatable bonds is 9. The van der Waals surface area contributed by atoms with E-state index in [0.29, 0.717) is 30.8 Å². The summed E-state index contributed by atoms with van der Waals surface area (Å²) in [5.74, 6) is 1.95. The van der Waals surface area contributed by atoms with Crippen LogP contribution in [0.3, 0.4) is 0 Å². The maximum Gasteiger partial charge on any atom is 0.191 e. The van der Waals surface area contributed by atoms with Crippen molar-refractivity contribution in [3.05, 3.63) is 35.9 Å². The SMILES string of the molecule is CN=C(NCCOC1CCCCCC1)NCCS(=O)Cc1ccccc1. The Morgan fingerprint density at radius 1 is 1.12 bits per heavy atom. The number of benzene rings is 1. The summed E-state index contributed by atoms with van der Waals surface area (Å²) < 4.78 is 18.1. The van der Waals surface area contributed by atoms with Crippen molar-refractivity contribution in [2.75, 3.05) is 32.5 Å². The maximum absolute atomic E-state index is 12.1. The van der Waals surface area contributed by atoms with Crippen molar-refractivity contribution in [1.82, 2.24) is 10.6 Å². The summed E-state index contributed by atoms with van der Waals surface area (Å²) in [7, 11) is 0.881. The van der Waals surface area contributed by atoms with Crippen LogP contribution in [0, 0.1) is 0 Å². The Morgan fingerprint density at radius 2 is 1.81 bits per heavy atom. The lowest BCUT2D eigenvalue weighted by atomic mass is 10.1. The average Bonchev–Trinajstić information content (AvgIpc) is 2.93. The predicted molar refractivity (Wildman–Crippen MR) is 110 cm³/mol. The smallest absolute Gasteiger partial charge is 0.191 e. The monoisotopic (exact) mass is 379 g/mol. The predicted octanol–water partition coefficient (Wildman–Crippen LogP) is 2.84. The minimum absolute atomic E-state index is 0.426. The van der Waals surface area contributed by atoms with Crippen LogP contribution < -0.4 is 10.6 Å². The van der Waals surface area contributed by atoms with Gasteiger partial charge in [-0.3, -0.25) is 9.20 Å². The van der Waals surface area contributed by atoms with E-state index in [1.165, 1.54) is 38.5 Å². The molecule has 1 aromatic rings. The molecule has 5 nitrogen and oxygen atoms in total. The molecule has 0 heterocycles. The molecule has 0 amide bonds. The van der Waals surface area contributed by atoms with Crippen LogP contribution in [0.15, 0.2) is 35.3 Å². The molecule has 2 N–H and O–H groups in total. The lowest BCUT2D eigenvalue weighted by molar-refractivity contribution is 0.0468. The van der Waals surface area contributed by atoms with Gasteiger partial charge in [0, 0.05) is 42.4 Å². The first-order valence-corrected chi connectivity index (χ1v) is 11.2. The van der Waals surface area contributed by atoms with E-state index >= 15 is 0 Å². The van der Waals surface area contributed by atoms with Gasteiger partial charge in [0.1, 0.15) is 0 Å². The average molecular weight is 380 g/mol. The van der Waals surface area contributed by atoms with E-state index in [1.54, 1.807) is 7.05 Å². The van der Waals surface area contributed by atoms with Crippen molar-refractivity contribution in [1.29, 1.82) is 0 Å². The van der Waals surface area contributed by atoms with Gasteiger partial charge in [0.15, 0.2) is 5.96 Å². The number of aliphatic imine (C=N–C) groups is 1. The molecular formula is C20H33N3O2S. The Kier molecular flexibility index (Phi) is 10.4. The molecule has 1 atom stereocenters. The Bertz CT molecular complexity index is 543. The zero-order chi connectivity index (χ0) is 18.5. The maximum atomic E-state index is 12.1. The normalized spacial score (nSPS) is 17.5. The molecule has 1 aliphatic rings. The summed E-state index contributed by atoms with van der Waals surface area (Å²) in [5.41, 5.74) is 1.11. The van der Waals surface area contributed by atoms with Gasteiger partial charge >= 0.3 is 0 Å². The summed E-state index contributed by atoms with van der Waals surface area (Å²) in [6.07, 6.45) is 8.10. The van der Waals surface area contributed by atoms with Gasteiger partial charge < -0.3 is 15.4 Å². The van der Waals surface area contributed by atoms with Gasteiger partial charge in [-0.15, -0.1) is 0 Å². The van der Waals surface area contributed by atoms with Crippen LogP contribution in [0.1, 0.15) is 44.1 Å². The molecule has 0 radical (unpaired) electrons. The molecule has 1 saturated carbocycles.